The fourth-order valence-corrected chi connectivity index (χ4v) is 1.30. The summed E-state index contributed by atoms with van der Waals surface area (Å²) in [6, 6.07) is 6.76. The van der Waals surface area contributed by atoms with Gasteiger partial charge in [0.05, 0.1) is 7.11 Å². The number of ether oxygens (including phenoxy) is 2. The predicted octanol–water partition coefficient (Wildman–Crippen LogP) is 1.47. The third-order valence-corrected chi connectivity index (χ3v) is 2.48. The number of aryl methyl sites for hydroxylation is 1. The van der Waals surface area contributed by atoms with Crippen LogP contribution < -0.4 is 4.74 Å². The minimum absolute atomic E-state index is 0.266. The van der Waals surface area contributed by atoms with Gasteiger partial charge in [0.1, 0.15) is 5.75 Å². The molecule has 0 aliphatic rings. The standard InChI is InChI=1S/C14H18O5/c1-14(2,17)13(16)19-11-7-4-10(5-8-11)6-9-12(15)18-3/h4-5,7-8,17H,6,9H2,1-3H3. The molecule has 0 unspecified atom stereocenters. The number of hydrogen-bond donors (Lipinski definition) is 1. The van der Waals surface area contributed by atoms with E-state index in [-0.39, 0.29) is 5.97 Å². The summed E-state index contributed by atoms with van der Waals surface area (Å²) < 4.78 is 9.55. The number of benzene rings is 1. The van der Waals surface area contributed by atoms with E-state index in [0.29, 0.717) is 18.6 Å². The van der Waals surface area contributed by atoms with Crippen LogP contribution in [0, 0.1) is 0 Å². The molecule has 0 saturated heterocycles. The molecular weight excluding hydrogens is 248 g/mol. The molecule has 0 aliphatic carbocycles. The van der Waals surface area contributed by atoms with Gasteiger partial charge in [-0.05, 0) is 38.0 Å². The molecule has 19 heavy (non-hydrogen) atoms. The van der Waals surface area contributed by atoms with Gasteiger partial charge in [-0.2, -0.15) is 0 Å². The highest BCUT2D eigenvalue weighted by Gasteiger charge is 2.26. The Labute approximate surface area is 112 Å². The summed E-state index contributed by atoms with van der Waals surface area (Å²) in [6.45, 7) is 2.72. The zero-order chi connectivity index (χ0) is 14.5. The molecular formula is C14H18O5. The first kappa shape index (κ1) is 15.2. The molecule has 0 spiro atoms. The van der Waals surface area contributed by atoms with Crippen LogP contribution in [0.4, 0.5) is 0 Å². The van der Waals surface area contributed by atoms with Gasteiger partial charge < -0.3 is 14.6 Å². The topological polar surface area (TPSA) is 72.8 Å². The van der Waals surface area contributed by atoms with Gasteiger partial charge in [0.25, 0.3) is 0 Å². The quantitative estimate of drug-likeness (QED) is 0.645. The molecule has 1 rings (SSSR count). The van der Waals surface area contributed by atoms with Gasteiger partial charge in [0.15, 0.2) is 5.60 Å². The van der Waals surface area contributed by atoms with Crippen LogP contribution in [-0.4, -0.2) is 29.8 Å². The van der Waals surface area contributed by atoms with E-state index in [9.17, 15) is 14.7 Å². The second-order valence-corrected chi connectivity index (χ2v) is 4.67. The fourth-order valence-electron chi connectivity index (χ4n) is 1.30. The van der Waals surface area contributed by atoms with Crippen molar-refractivity contribution in [2.45, 2.75) is 32.3 Å². The normalized spacial score (nSPS) is 10.9. The molecule has 0 saturated carbocycles. The Bertz CT molecular complexity index is 442. The lowest BCUT2D eigenvalue weighted by molar-refractivity contribution is -0.151. The molecule has 1 aromatic carbocycles. The maximum Gasteiger partial charge on any atom is 0.342 e. The Morgan fingerprint density at radius 3 is 2.26 bits per heavy atom. The van der Waals surface area contributed by atoms with E-state index >= 15 is 0 Å². The predicted molar refractivity (Wildman–Crippen MR) is 68.7 cm³/mol. The molecule has 0 bridgehead atoms. The molecule has 0 radical (unpaired) electrons. The van der Waals surface area contributed by atoms with Gasteiger partial charge in [0.2, 0.25) is 0 Å². The van der Waals surface area contributed by atoms with Crippen LogP contribution in [0.2, 0.25) is 0 Å². The smallest absolute Gasteiger partial charge is 0.342 e. The fraction of sp³-hybridized carbons (Fsp3) is 0.429. The molecule has 0 fully saturated rings. The van der Waals surface area contributed by atoms with Crippen LogP contribution in [-0.2, 0) is 20.7 Å². The van der Waals surface area contributed by atoms with Gasteiger partial charge in [-0.25, -0.2) is 4.79 Å². The molecule has 0 aromatic heterocycles. The van der Waals surface area contributed by atoms with Gasteiger partial charge >= 0.3 is 11.9 Å². The second-order valence-electron chi connectivity index (χ2n) is 4.67. The number of carbonyl (C=O) groups is 2. The lowest BCUT2D eigenvalue weighted by atomic mass is 10.1. The Kier molecular flexibility index (Phi) is 5.06. The summed E-state index contributed by atoms with van der Waals surface area (Å²) in [6.07, 6.45) is 0.867. The van der Waals surface area contributed by atoms with Crippen LogP contribution in [0.1, 0.15) is 25.8 Å². The molecule has 0 heterocycles. The molecule has 104 valence electrons. The summed E-state index contributed by atoms with van der Waals surface area (Å²) in [5.41, 5.74) is -0.586. The molecule has 0 atom stereocenters. The Morgan fingerprint density at radius 1 is 1.21 bits per heavy atom. The monoisotopic (exact) mass is 266 g/mol. The first-order valence-corrected chi connectivity index (χ1v) is 5.93. The minimum Gasteiger partial charge on any atom is -0.469 e. The van der Waals surface area contributed by atoms with Crippen molar-refractivity contribution in [3.63, 3.8) is 0 Å². The first-order valence-electron chi connectivity index (χ1n) is 5.93. The van der Waals surface area contributed by atoms with E-state index in [1.165, 1.54) is 21.0 Å². The van der Waals surface area contributed by atoms with E-state index < -0.39 is 11.6 Å². The van der Waals surface area contributed by atoms with Crippen LogP contribution >= 0.6 is 0 Å². The summed E-state index contributed by atoms with van der Waals surface area (Å²) in [5, 5.41) is 9.45. The SMILES string of the molecule is COC(=O)CCc1ccc(OC(=O)C(C)(C)O)cc1. The van der Waals surface area contributed by atoms with Gasteiger partial charge in [-0.3, -0.25) is 4.79 Å². The lowest BCUT2D eigenvalue weighted by Gasteiger charge is -2.15. The van der Waals surface area contributed by atoms with Crippen LogP contribution in [0.5, 0.6) is 5.75 Å². The number of aliphatic hydroxyl groups is 1. The average Bonchev–Trinajstić information content (AvgIpc) is 2.36. The molecule has 5 nitrogen and oxygen atoms in total. The van der Waals surface area contributed by atoms with Gasteiger partial charge in [-0.1, -0.05) is 12.1 Å². The summed E-state index contributed by atoms with van der Waals surface area (Å²) in [4.78, 5) is 22.4. The summed E-state index contributed by atoms with van der Waals surface area (Å²) in [5.74, 6) is -0.624. The number of rotatable bonds is 5. The van der Waals surface area contributed by atoms with E-state index in [2.05, 4.69) is 4.74 Å². The third kappa shape index (κ3) is 5.09. The second kappa shape index (κ2) is 6.33. The van der Waals surface area contributed by atoms with Gasteiger partial charge in [0, 0.05) is 6.42 Å². The maximum absolute atomic E-state index is 11.4. The van der Waals surface area contributed by atoms with Crippen molar-refractivity contribution in [2.24, 2.45) is 0 Å². The highest BCUT2D eigenvalue weighted by molar-refractivity contribution is 5.80. The van der Waals surface area contributed by atoms with Crippen LogP contribution in [0.3, 0.4) is 0 Å². The Balaban J connectivity index is 2.57. The number of methoxy groups -OCH3 is 1. The van der Waals surface area contributed by atoms with E-state index in [1.807, 2.05) is 0 Å². The van der Waals surface area contributed by atoms with Crippen molar-refractivity contribution in [3.05, 3.63) is 29.8 Å². The van der Waals surface area contributed by atoms with Crippen molar-refractivity contribution in [2.75, 3.05) is 7.11 Å². The molecule has 0 amide bonds. The zero-order valence-corrected chi connectivity index (χ0v) is 11.3. The van der Waals surface area contributed by atoms with Crippen molar-refractivity contribution in [1.29, 1.82) is 0 Å². The third-order valence-electron chi connectivity index (χ3n) is 2.48. The van der Waals surface area contributed by atoms with Crippen molar-refractivity contribution in [1.82, 2.24) is 0 Å². The van der Waals surface area contributed by atoms with Crippen LogP contribution in [0.15, 0.2) is 24.3 Å². The molecule has 0 aliphatic heterocycles. The minimum atomic E-state index is -1.52. The first-order chi connectivity index (χ1) is 8.82. The number of hydrogen-bond acceptors (Lipinski definition) is 5. The van der Waals surface area contributed by atoms with Crippen molar-refractivity contribution < 1.29 is 24.2 Å². The molecule has 5 heteroatoms. The highest BCUT2D eigenvalue weighted by atomic mass is 16.6. The largest absolute Gasteiger partial charge is 0.469 e. The average molecular weight is 266 g/mol. The van der Waals surface area contributed by atoms with Crippen LogP contribution in [0.25, 0.3) is 0 Å². The zero-order valence-electron chi connectivity index (χ0n) is 11.3. The highest BCUT2D eigenvalue weighted by Crippen LogP contribution is 2.16. The number of esters is 2. The summed E-state index contributed by atoms with van der Waals surface area (Å²) in [7, 11) is 1.35. The Morgan fingerprint density at radius 2 is 1.79 bits per heavy atom. The van der Waals surface area contributed by atoms with E-state index in [4.69, 9.17) is 4.74 Å². The maximum atomic E-state index is 11.4. The number of carbonyl (C=O) groups excluding carboxylic acids is 2. The Hall–Kier alpha value is -1.88. The molecule has 1 aromatic rings. The summed E-state index contributed by atoms with van der Waals surface area (Å²) >= 11 is 0. The van der Waals surface area contributed by atoms with Crippen molar-refractivity contribution >= 4 is 11.9 Å². The van der Waals surface area contributed by atoms with Gasteiger partial charge in [-0.15, -0.1) is 0 Å². The lowest BCUT2D eigenvalue weighted by Crippen LogP contribution is -2.35. The molecule has 1 N–H and O–H groups in total. The van der Waals surface area contributed by atoms with Crippen molar-refractivity contribution in [3.8, 4) is 5.75 Å². The van der Waals surface area contributed by atoms with E-state index in [0.717, 1.165) is 5.56 Å². The van der Waals surface area contributed by atoms with E-state index in [1.54, 1.807) is 24.3 Å².